The Hall–Kier alpha value is -1.30. The zero-order valence-corrected chi connectivity index (χ0v) is 12.5. The molecule has 5 nitrogen and oxygen atoms in total. The normalized spacial score (nSPS) is 18.2. The molecule has 1 aliphatic heterocycles. The number of carbonyl (C=O) groups is 1. The average molecular weight is 281 g/mol. The maximum absolute atomic E-state index is 12.1. The van der Waals surface area contributed by atoms with Gasteiger partial charge in [0.25, 0.3) is 5.56 Å². The van der Waals surface area contributed by atoms with Gasteiger partial charge in [-0.2, -0.15) is 0 Å². The summed E-state index contributed by atoms with van der Waals surface area (Å²) in [5.74, 6) is 0.697. The van der Waals surface area contributed by atoms with Crippen molar-refractivity contribution in [3.63, 3.8) is 0 Å². The monoisotopic (exact) mass is 281 g/mol. The van der Waals surface area contributed by atoms with E-state index >= 15 is 0 Å². The van der Waals surface area contributed by atoms with E-state index in [9.17, 15) is 9.59 Å². The first kappa shape index (κ1) is 14.1. The number of aromatic nitrogens is 2. The van der Waals surface area contributed by atoms with E-state index in [1.165, 1.54) is 11.8 Å². The highest BCUT2D eigenvalue weighted by molar-refractivity contribution is 7.99. The molecule has 2 rings (SSSR count). The van der Waals surface area contributed by atoms with Crippen LogP contribution in [0.3, 0.4) is 0 Å². The highest BCUT2D eigenvalue weighted by atomic mass is 32.2. The van der Waals surface area contributed by atoms with Crippen molar-refractivity contribution in [3.05, 3.63) is 22.1 Å². The highest BCUT2D eigenvalue weighted by Gasteiger charge is 2.28. The zero-order chi connectivity index (χ0) is 14.2. The average Bonchev–Trinajstić information content (AvgIpc) is 2.65. The predicted molar refractivity (Wildman–Crippen MR) is 75.5 cm³/mol. The third-order valence-corrected chi connectivity index (χ3v) is 3.95. The van der Waals surface area contributed by atoms with Gasteiger partial charge in [0, 0.05) is 29.5 Å². The number of fused-ring (bicyclic) bond motifs is 1. The van der Waals surface area contributed by atoms with Gasteiger partial charge in [0.2, 0.25) is 5.91 Å². The molecule has 1 N–H and O–H groups in total. The van der Waals surface area contributed by atoms with Gasteiger partial charge in [-0.1, -0.05) is 11.8 Å². The maximum atomic E-state index is 12.1. The third kappa shape index (κ3) is 3.18. The molecular weight excluding hydrogens is 262 g/mol. The molecule has 0 radical (unpaired) electrons. The van der Waals surface area contributed by atoms with E-state index in [0.29, 0.717) is 17.1 Å². The number of nitrogens with zero attached hydrogens (tertiary/aromatic N) is 2. The maximum Gasteiger partial charge on any atom is 0.257 e. The van der Waals surface area contributed by atoms with Gasteiger partial charge < -0.3 is 5.32 Å². The van der Waals surface area contributed by atoms with Crippen LogP contribution in [0.15, 0.2) is 16.1 Å². The van der Waals surface area contributed by atoms with Crippen LogP contribution in [0.1, 0.15) is 38.8 Å². The number of amides is 1. The molecule has 1 aromatic rings. The van der Waals surface area contributed by atoms with E-state index in [0.717, 1.165) is 5.75 Å². The van der Waals surface area contributed by atoms with Crippen molar-refractivity contribution in [1.82, 2.24) is 14.9 Å². The first-order chi connectivity index (χ1) is 8.78. The standard InChI is InChI=1S/C13H19N3O2S/c1-8-6-14-12-16(11(8)18)9(7-19-12)5-10(17)15-13(2,3)4/h6,9H,5,7H2,1-4H3,(H,15,17). The molecule has 1 aromatic heterocycles. The lowest BCUT2D eigenvalue weighted by molar-refractivity contribution is -0.123. The number of nitrogens with one attached hydrogen (secondary N) is 1. The van der Waals surface area contributed by atoms with Crippen LogP contribution >= 0.6 is 11.8 Å². The molecule has 0 fully saturated rings. The van der Waals surface area contributed by atoms with Crippen molar-refractivity contribution in [2.75, 3.05) is 5.75 Å². The minimum absolute atomic E-state index is 0.0284. The number of rotatable bonds is 2. The molecule has 1 atom stereocenters. The molecule has 0 bridgehead atoms. The first-order valence-electron chi connectivity index (χ1n) is 6.30. The van der Waals surface area contributed by atoms with Gasteiger partial charge in [0.15, 0.2) is 5.16 Å². The Morgan fingerprint density at radius 2 is 2.26 bits per heavy atom. The van der Waals surface area contributed by atoms with Crippen LogP contribution in [0.2, 0.25) is 0 Å². The van der Waals surface area contributed by atoms with Crippen molar-refractivity contribution in [2.24, 2.45) is 0 Å². The number of hydrogen-bond donors (Lipinski definition) is 1. The van der Waals surface area contributed by atoms with Crippen molar-refractivity contribution in [2.45, 2.75) is 50.9 Å². The summed E-state index contributed by atoms with van der Waals surface area (Å²) in [6.07, 6.45) is 1.92. The lowest BCUT2D eigenvalue weighted by Gasteiger charge is -2.22. The summed E-state index contributed by atoms with van der Waals surface area (Å²) >= 11 is 1.53. The molecule has 0 aliphatic carbocycles. The van der Waals surface area contributed by atoms with E-state index in [1.807, 2.05) is 20.8 Å². The molecule has 1 unspecified atom stereocenters. The fraction of sp³-hybridized carbons (Fsp3) is 0.615. The molecule has 0 saturated carbocycles. The van der Waals surface area contributed by atoms with Crippen molar-refractivity contribution in [3.8, 4) is 0 Å². The molecule has 2 heterocycles. The largest absolute Gasteiger partial charge is 0.351 e. The molecule has 1 aliphatic rings. The number of thioether (sulfide) groups is 1. The molecular formula is C13H19N3O2S. The van der Waals surface area contributed by atoms with Crippen molar-refractivity contribution in [1.29, 1.82) is 0 Å². The number of aryl methyl sites for hydroxylation is 1. The third-order valence-electron chi connectivity index (χ3n) is 2.84. The van der Waals surface area contributed by atoms with Gasteiger partial charge >= 0.3 is 0 Å². The Morgan fingerprint density at radius 1 is 1.58 bits per heavy atom. The van der Waals surface area contributed by atoms with Crippen LogP contribution in [0.25, 0.3) is 0 Å². The van der Waals surface area contributed by atoms with Crippen LogP contribution in [-0.4, -0.2) is 26.8 Å². The van der Waals surface area contributed by atoms with Crippen LogP contribution < -0.4 is 10.9 Å². The topological polar surface area (TPSA) is 64.0 Å². The summed E-state index contributed by atoms with van der Waals surface area (Å²) in [6, 6.07) is -0.0951. The predicted octanol–water partition coefficient (Wildman–Crippen LogP) is 1.50. The lowest BCUT2D eigenvalue weighted by Crippen LogP contribution is -2.42. The molecule has 6 heteroatoms. The molecule has 19 heavy (non-hydrogen) atoms. The molecule has 0 saturated heterocycles. The highest BCUT2D eigenvalue weighted by Crippen LogP contribution is 2.31. The summed E-state index contributed by atoms with van der Waals surface area (Å²) in [7, 11) is 0. The van der Waals surface area contributed by atoms with E-state index in [1.54, 1.807) is 17.7 Å². The Balaban J connectivity index is 2.17. The van der Waals surface area contributed by atoms with Crippen LogP contribution in [-0.2, 0) is 4.79 Å². The quantitative estimate of drug-likeness (QED) is 0.835. The van der Waals surface area contributed by atoms with Gasteiger partial charge in [0.1, 0.15) is 0 Å². The summed E-state index contributed by atoms with van der Waals surface area (Å²) in [5.41, 5.74) is 0.331. The Labute approximate surface area is 116 Å². The molecule has 0 spiro atoms. The van der Waals surface area contributed by atoms with E-state index < -0.39 is 0 Å². The van der Waals surface area contributed by atoms with Gasteiger partial charge in [-0.3, -0.25) is 14.2 Å². The molecule has 0 aromatic carbocycles. The smallest absolute Gasteiger partial charge is 0.257 e. The minimum atomic E-state index is -0.249. The number of carbonyl (C=O) groups excluding carboxylic acids is 1. The molecule has 104 valence electrons. The van der Waals surface area contributed by atoms with E-state index in [-0.39, 0.29) is 23.0 Å². The van der Waals surface area contributed by atoms with E-state index in [2.05, 4.69) is 10.3 Å². The van der Waals surface area contributed by atoms with E-state index in [4.69, 9.17) is 0 Å². The van der Waals surface area contributed by atoms with Crippen LogP contribution in [0.4, 0.5) is 0 Å². The molecule has 1 amide bonds. The lowest BCUT2D eigenvalue weighted by atomic mass is 10.1. The van der Waals surface area contributed by atoms with Crippen molar-refractivity contribution >= 4 is 17.7 Å². The minimum Gasteiger partial charge on any atom is -0.351 e. The Morgan fingerprint density at radius 3 is 2.89 bits per heavy atom. The van der Waals surface area contributed by atoms with Gasteiger partial charge in [-0.05, 0) is 27.7 Å². The second kappa shape index (κ2) is 5.00. The summed E-state index contributed by atoms with van der Waals surface area (Å²) in [6.45, 7) is 7.58. The Kier molecular flexibility index (Phi) is 3.71. The fourth-order valence-electron chi connectivity index (χ4n) is 2.05. The van der Waals surface area contributed by atoms with Crippen LogP contribution in [0, 0.1) is 6.92 Å². The summed E-state index contributed by atoms with van der Waals surface area (Å²) < 4.78 is 1.66. The van der Waals surface area contributed by atoms with Gasteiger partial charge in [-0.15, -0.1) is 0 Å². The zero-order valence-electron chi connectivity index (χ0n) is 11.7. The Bertz CT molecular complexity index is 560. The summed E-state index contributed by atoms with van der Waals surface area (Å²) in [5, 5.41) is 3.64. The van der Waals surface area contributed by atoms with Crippen LogP contribution in [0.5, 0.6) is 0 Å². The number of hydrogen-bond acceptors (Lipinski definition) is 4. The first-order valence-corrected chi connectivity index (χ1v) is 7.28. The van der Waals surface area contributed by atoms with Crippen molar-refractivity contribution < 1.29 is 4.79 Å². The SMILES string of the molecule is Cc1cnc2n(c1=O)C(CC(=O)NC(C)(C)C)CS2. The second-order valence-electron chi connectivity index (χ2n) is 5.87. The second-order valence-corrected chi connectivity index (χ2v) is 6.85. The van der Waals surface area contributed by atoms with Gasteiger partial charge in [-0.25, -0.2) is 4.98 Å². The van der Waals surface area contributed by atoms with Gasteiger partial charge in [0.05, 0.1) is 6.04 Å². The summed E-state index contributed by atoms with van der Waals surface area (Å²) in [4.78, 5) is 28.3. The fourth-order valence-corrected chi connectivity index (χ4v) is 3.16.